The maximum absolute atomic E-state index is 12.1. The van der Waals surface area contributed by atoms with Gasteiger partial charge in [-0.2, -0.15) is 0 Å². The van der Waals surface area contributed by atoms with Crippen molar-refractivity contribution in [2.24, 2.45) is 5.92 Å². The minimum absolute atomic E-state index is 0.0686. The fourth-order valence-corrected chi connectivity index (χ4v) is 2.29. The number of amides is 2. The number of nitrogens with one attached hydrogen (secondary N) is 1. The van der Waals surface area contributed by atoms with Crippen molar-refractivity contribution in [1.29, 1.82) is 0 Å². The highest BCUT2D eigenvalue weighted by Gasteiger charge is 2.35. The molecule has 1 saturated heterocycles. The SMILES string of the molecule is Cc1ccc(NC(=O)[C@@H]2CC(=O)N(C(C)C)C2)cc1. The number of hydrogen-bond acceptors (Lipinski definition) is 2. The first-order valence-corrected chi connectivity index (χ1v) is 6.64. The molecular formula is C15H20N2O2. The van der Waals surface area contributed by atoms with Crippen molar-refractivity contribution in [2.75, 3.05) is 11.9 Å². The van der Waals surface area contributed by atoms with Crippen molar-refractivity contribution in [2.45, 2.75) is 33.2 Å². The molecule has 4 heteroatoms. The van der Waals surface area contributed by atoms with Gasteiger partial charge >= 0.3 is 0 Å². The lowest BCUT2D eigenvalue weighted by molar-refractivity contribution is -0.129. The molecule has 0 aliphatic carbocycles. The Morgan fingerprint density at radius 3 is 2.47 bits per heavy atom. The summed E-state index contributed by atoms with van der Waals surface area (Å²) in [5.41, 5.74) is 1.94. The number of likely N-dealkylation sites (tertiary alicyclic amines) is 1. The monoisotopic (exact) mass is 260 g/mol. The molecule has 0 saturated carbocycles. The average molecular weight is 260 g/mol. The smallest absolute Gasteiger partial charge is 0.229 e. The summed E-state index contributed by atoms with van der Waals surface area (Å²) >= 11 is 0. The van der Waals surface area contributed by atoms with E-state index in [1.54, 1.807) is 4.90 Å². The lowest BCUT2D eigenvalue weighted by atomic mass is 10.1. The van der Waals surface area contributed by atoms with E-state index in [1.807, 2.05) is 45.0 Å². The quantitative estimate of drug-likeness (QED) is 0.905. The molecule has 1 fully saturated rings. The van der Waals surface area contributed by atoms with Crippen LogP contribution in [-0.4, -0.2) is 29.3 Å². The first kappa shape index (κ1) is 13.6. The second-order valence-corrected chi connectivity index (χ2v) is 5.40. The number of aryl methyl sites for hydroxylation is 1. The van der Waals surface area contributed by atoms with Gasteiger partial charge in [-0.1, -0.05) is 17.7 Å². The minimum Gasteiger partial charge on any atom is -0.339 e. The first-order valence-electron chi connectivity index (χ1n) is 6.64. The number of benzene rings is 1. The van der Waals surface area contributed by atoms with Crippen LogP contribution in [0.3, 0.4) is 0 Å². The third-order valence-electron chi connectivity index (χ3n) is 3.47. The van der Waals surface area contributed by atoms with Crippen LogP contribution in [-0.2, 0) is 9.59 Å². The fraction of sp³-hybridized carbons (Fsp3) is 0.467. The summed E-state index contributed by atoms with van der Waals surface area (Å²) in [6.45, 7) is 6.46. The normalized spacial score (nSPS) is 19.1. The number of carbonyl (C=O) groups is 2. The van der Waals surface area contributed by atoms with Crippen LogP contribution in [0.4, 0.5) is 5.69 Å². The average Bonchev–Trinajstić information content (AvgIpc) is 2.74. The zero-order chi connectivity index (χ0) is 14.0. The molecule has 0 unspecified atom stereocenters. The Morgan fingerprint density at radius 2 is 1.95 bits per heavy atom. The van der Waals surface area contributed by atoms with E-state index in [0.29, 0.717) is 13.0 Å². The van der Waals surface area contributed by atoms with Crippen LogP contribution >= 0.6 is 0 Å². The van der Waals surface area contributed by atoms with E-state index in [0.717, 1.165) is 11.3 Å². The summed E-state index contributed by atoms with van der Waals surface area (Å²) in [6.07, 6.45) is 0.315. The Kier molecular flexibility index (Phi) is 3.88. The fourth-order valence-electron chi connectivity index (χ4n) is 2.29. The van der Waals surface area contributed by atoms with Gasteiger partial charge in [0.15, 0.2) is 0 Å². The van der Waals surface area contributed by atoms with Crippen LogP contribution in [0.1, 0.15) is 25.8 Å². The Bertz CT molecular complexity index is 479. The highest BCUT2D eigenvalue weighted by molar-refractivity contribution is 5.97. The zero-order valence-corrected chi connectivity index (χ0v) is 11.6. The molecule has 102 valence electrons. The third kappa shape index (κ3) is 3.13. The lowest BCUT2D eigenvalue weighted by Crippen LogP contribution is -2.33. The molecule has 0 spiro atoms. The number of rotatable bonds is 3. The van der Waals surface area contributed by atoms with Crippen LogP contribution in [0.2, 0.25) is 0 Å². The van der Waals surface area contributed by atoms with Gasteiger partial charge in [0.1, 0.15) is 0 Å². The Labute approximate surface area is 113 Å². The van der Waals surface area contributed by atoms with E-state index < -0.39 is 0 Å². The van der Waals surface area contributed by atoms with E-state index in [2.05, 4.69) is 5.32 Å². The van der Waals surface area contributed by atoms with E-state index in [1.165, 1.54) is 0 Å². The van der Waals surface area contributed by atoms with Gasteiger partial charge in [-0.3, -0.25) is 9.59 Å². The molecule has 1 aliphatic heterocycles. The predicted octanol–water partition coefficient (Wildman–Crippen LogP) is 2.19. The van der Waals surface area contributed by atoms with Gasteiger partial charge in [0.05, 0.1) is 5.92 Å². The van der Waals surface area contributed by atoms with Crippen molar-refractivity contribution >= 4 is 17.5 Å². The van der Waals surface area contributed by atoms with Crippen LogP contribution in [0.25, 0.3) is 0 Å². The molecule has 1 heterocycles. The van der Waals surface area contributed by atoms with Gasteiger partial charge in [0.2, 0.25) is 11.8 Å². The maximum Gasteiger partial charge on any atom is 0.229 e. The highest BCUT2D eigenvalue weighted by Crippen LogP contribution is 2.21. The Balaban J connectivity index is 1.98. The largest absolute Gasteiger partial charge is 0.339 e. The summed E-state index contributed by atoms with van der Waals surface area (Å²) in [4.78, 5) is 25.7. The molecule has 1 atom stereocenters. The van der Waals surface area contributed by atoms with Crippen LogP contribution in [0.5, 0.6) is 0 Å². The van der Waals surface area contributed by atoms with Crippen LogP contribution in [0.15, 0.2) is 24.3 Å². The van der Waals surface area contributed by atoms with Crippen molar-refractivity contribution in [3.63, 3.8) is 0 Å². The summed E-state index contributed by atoms with van der Waals surface area (Å²) in [5, 5.41) is 2.87. The van der Waals surface area contributed by atoms with E-state index >= 15 is 0 Å². The molecule has 1 N–H and O–H groups in total. The Hall–Kier alpha value is -1.84. The van der Waals surface area contributed by atoms with E-state index in [-0.39, 0.29) is 23.8 Å². The molecule has 0 bridgehead atoms. The standard InChI is InChI=1S/C15H20N2O2/c1-10(2)17-9-12(8-14(17)18)15(19)16-13-6-4-11(3)5-7-13/h4-7,10,12H,8-9H2,1-3H3,(H,16,19)/t12-/m1/s1. The molecule has 1 aromatic rings. The van der Waals surface area contributed by atoms with Crippen molar-refractivity contribution in [3.8, 4) is 0 Å². The maximum atomic E-state index is 12.1. The van der Waals surface area contributed by atoms with Gasteiger partial charge < -0.3 is 10.2 Å². The van der Waals surface area contributed by atoms with Crippen molar-refractivity contribution in [3.05, 3.63) is 29.8 Å². The van der Waals surface area contributed by atoms with Gasteiger partial charge in [0.25, 0.3) is 0 Å². The van der Waals surface area contributed by atoms with Gasteiger partial charge in [0, 0.05) is 24.7 Å². The van der Waals surface area contributed by atoms with Crippen molar-refractivity contribution < 1.29 is 9.59 Å². The van der Waals surface area contributed by atoms with Crippen LogP contribution < -0.4 is 5.32 Å². The summed E-state index contributed by atoms with van der Waals surface area (Å²) in [5.74, 6) is -0.240. The molecule has 1 aliphatic rings. The minimum atomic E-state index is -0.240. The molecule has 1 aromatic carbocycles. The number of carbonyl (C=O) groups excluding carboxylic acids is 2. The van der Waals surface area contributed by atoms with E-state index in [4.69, 9.17) is 0 Å². The zero-order valence-electron chi connectivity index (χ0n) is 11.6. The van der Waals surface area contributed by atoms with E-state index in [9.17, 15) is 9.59 Å². The molecule has 19 heavy (non-hydrogen) atoms. The molecule has 0 aromatic heterocycles. The first-order chi connectivity index (χ1) is 8.97. The highest BCUT2D eigenvalue weighted by atomic mass is 16.2. The molecule has 2 rings (SSSR count). The van der Waals surface area contributed by atoms with Crippen LogP contribution in [0, 0.1) is 12.8 Å². The molecule has 0 radical (unpaired) electrons. The van der Waals surface area contributed by atoms with Gasteiger partial charge in [-0.15, -0.1) is 0 Å². The second kappa shape index (κ2) is 5.43. The van der Waals surface area contributed by atoms with Crippen molar-refractivity contribution in [1.82, 2.24) is 4.90 Å². The number of nitrogens with zero attached hydrogens (tertiary/aromatic N) is 1. The Morgan fingerprint density at radius 1 is 1.32 bits per heavy atom. The summed E-state index contributed by atoms with van der Waals surface area (Å²) < 4.78 is 0. The lowest BCUT2D eigenvalue weighted by Gasteiger charge is -2.20. The van der Waals surface area contributed by atoms with Gasteiger partial charge in [-0.25, -0.2) is 0 Å². The summed E-state index contributed by atoms with van der Waals surface area (Å²) in [6, 6.07) is 7.82. The topological polar surface area (TPSA) is 49.4 Å². The summed E-state index contributed by atoms with van der Waals surface area (Å²) in [7, 11) is 0. The van der Waals surface area contributed by atoms with Gasteiger partial charge in [-0.05, 0) is 32.9 Å². The molecule has 4 nitrogen and oxygen atoms in total. The third-order valence-corrected chi connectivity index (χ3v) is 3.47. The number of anilines is 1. The number of hydrogen-bond donors (Lipinski definition) is 1. The second-order valence-electron chi connectivity index (χ2n) is 5.40. The molecule has 2 amide bonds. The predicted molar refractivity (Wildman–Crippen MR) is 74.8 cm³/mol. The molecular weight excluding hydrogens is 240 g/mol.